The number of benzene rings is 1. The van der Waals surface area contributed by atoms with Crippen molar-refractivity contribution >= 4 is 20.1 Å². The first kappa shape index (κ1) is 19.9. The van der Waals surface area contributed by atoms with Gasteiger partial charge >= 0.3 is 6.09 Å². The number of amides is 2. The zero-order valence-electron chi connectivity index (χ0n) is 17.1. The quantitative estimate of drug-likeness (QED) is 0.546. The van der Waals surface area contributed by atoms with Gasteiger partial charge in [0, 0.05) is 14.0 Å². The molecular formula is C22H31NO3Si. The van der Waals surface area contributed by atoms with Gasteiger partial charge in [0.25, 0.3) is 0 Å². The van der Waals surface area contributed by atoms with E-state index in [-0.39, 0.29) is 23.7 Å². The van der Waals surface area contributed by atoms with Crippen LogP contribution in [-0.2, 0) is 9.53 Å². The molecular weight excluding hydrogens is 354 g/mol. The van der Waals surface area contributed by atoms with Gasteiger partial charge in [-0.25, -0.2) is 9.69 Å². The van der Waals surface area contributed by atoms with Crippen molar-refractivity contribution in [3.63, 3.8) is 0 Å². The fourth-order valence-corrected chi connectivity index (χ4v) is 6.09. The molecule has 0 spiro atoms. The zero-order valence-corrected chi connectivity index (χ0v) is 18.1. The summed E-state index contributed by atoms with van der Waals surface area (Å²) >= 11 is 0. The molecule has 2 aliphatic rings. The fourth-order valence-electron chi connectivity index (χ4n) is 4.42. The molecule has 1 aromatic rings. The van der Waals surface area contributed by atoms with Crippen LogP contribution in [0.25, 0.3) is 0 Å². The molecule has 0 aromatic heterocycles. The largest absolute Gasteiger partial charge is 0.447 e. The summed E-state index contributed by atoms with van der Waals surface area (Å²) in [6.07, 6.45) is 1.84. The molecule has 1 aliphatic carbocycles. The maximum absolute atomic E-state index is 13.3. The third-order valence-corrected chi connectivity index (χ3v) is 7.42. The number of hydrogen-bond acceptors (Lipinski definition) is 3. The molecule has 1 aliphatic heterocycles. The Morgan fingerprint density at radius 2 is 1.85 bits per heavy atom. The van der Waals surface area contributed by atoms with E-state index in [0.29, 0.717) is 19.1 Å². The van der Waals surface area contributed by atoms with Crippen molar-refractivity contribution in [2.24, 2.45) is 17.8 Å². The smallest absolute Gasteiger partial charge is 0.416 e. The lowest BCUT2D eigenvalue weighted by Gasteiger charge is -2.41. The second-order valence-electron chi connectivity index (χ2n) is 9.19. The van der Waals surface area contributed by atoms with Crippen molar-refractivity contribution in [1.82, 2.24) is 4.90 Å². The number of carbonyl (C=O) groups is 2. The Kier molecular flexibility index (Phi) is 5.61. The van der Waals surface area contributed by atoms with Crippen LogP contribution in [0.4, 0.5) is 4.79 Å². The van der Waals surface area contributed by atoms with E-state index in [1.807, 2.05) is 18.2 Å². The van der Waals surface area contributed by atoms with E-state index in [9.17, 15) is 9.59 Å². The van der Waals surface area contributed by atoms with Gasteiger partial charge in [-0.1, -0.05) is 75.5 Å². The van der Waals surface area contributed by atoms with E-state index in [0.717, 1.165) is 11.6 Å². The van der Waals surface area contributed by atoms with Crippen LogP contribution in [0.15, 0.2) is 42.0 Å². The highest BCUT2D eigenvalue weighted by Gasteiger charge is 2.45. The summed E-state index contributed by atoms with van der Waals surface area (Å²) in [5.74, 6) is 0.189. The average Bonchev–Trinajstić information content (AvgIpc) is 3.04. The second-order valence-corrected chi connectivity index (χ2v) is 14.7. The van der Waals surface area contributed by atoms with Crippen molar-refractivity contribution in [2.75, 3.05) is 13.2 Å². The first-order chi connectivity index (χ1) is 12.7. The lowest BCUT2D eigenvalue weighted by molar-refractivity contribution is -0.134. The van der Waals surface area contributed by atoms with Crippen LogP contribution in [0.2, 0.25) is 25.7 Å². The zero-order chi connectivity index (χ0) is 19.8. The normalized spacial score (nSPS) is 28.7. The number of carbonyl (C=O) groups excluding carboxylic acids is 2. The number of hydrogen-bond donors (Lipinski definition) is 0. The Bertz CT molecular complexity index is 738. The fraction of sp³-hybridized carbons (Fsp3) is 0.545. The molecule has 1 saturated heterocycles. The number of rotatable bonds is 4. The minimum atomic E-state index is -1.27. The minimum Gasteiger partial charge on any atom is -0.447 e. The van der Waals surface area contributed by atoms with Crippen LogP contribution < -0.4 is 0 Å². The summed E-state index contributed by atoms with van der Waals surface area (Å²) < 4.78 is 5.02. The predicted molar refractivity (Wildman–Crippen MR) is 110 cm³/mol. The van der Waals surface area contributed by atoms with E-state index in [4.69, 9.17) is 4.74 Å². The molecule has 1 fully saturated rings. The van der Waals surface area contributed by atoms with E-state index in [1.165, 1.54) is 10.5 Å². The molecule has 0 unspecified atom stereocenters. The van der Waals surface area contributed by atoms with Crippen molar-refractivity contribution in [2.45, 2.75) is 45.5 Å². The maximum Gasteiger partial charge on any atom is 0.416 e. The number of allylic oxidation sites excluding steroid dienone is 2. The number of ether oxygens (including phenoxy) is 1. The number of cyclic esters (lactones) is 1. The molecule has 0 radical (unpaired) electrons. The van der Waals surface area contributed by atoms with Crippen molar-refractivity contribution in [1.29, 1.82) is 0 Å². The van der Waals surface area contributed by atoms with Gasteiger partial charge in [0.1, 0.15) is 6.61 Å². The first-order valence-corrected chi connectivity index (χ1v) is 13.6. The lowest BCUT2D eigenvalue weighted by atomic mass is 9.66. The Morgan fingerprint density at radius 3 is 2.41 bits per heavy atom. The molecule has 0 N–H and O–H groups in total. The maximum atomic E-state index is 13.3. The van der Waals surface area contributed by atoms with Crippen LogP contribution in [0.3, 0.4) is 0 Å². The van der Waals surface area contributed by atoms with Gasteiger partial charge in [0.2, 0.25) is 5.91 Å². The summed E-state index contributed by atoms with van der Waals surface area (Å²) in [5, 5.41) is 0. The van der Waals surface area contributed by atoms with Crippen molar-refractivity contribution in [3.8, 4) is 0 Å². The van der Waals surface area contributed by atoms with Gasteiger partial charge in [-0.15, -0.1) is 0 Å². The minimum absolute atomic E-state index is 0.00431. The third-order valence-electron chi connectivity index (χ3n) is 5.95. The molecule has 1 heterocycles. The van der Waals surface area contributed by atoms with Crippen LogP contribution in [0.5, 0.6) is 0 Å². The SMILES string of the molecule is C[C@H]1[C@H](C(=O)N2CCOC2=O)[C@@H](c2ccccc2)C=C(C[Si](C)(C)C)[C@H]1C. The molecule has 4 atom stereocenters. The molecule has 2 amide bonds. The van der Waals surface area contributed by atoms with Crippen molar-refractivity contribution in [3.05, 3.63) is 47.5 Å². The molecule has 5 heteroatoms. The monoisotopic (exact) mass is 385 g/mol. The highest BCUT2D eigenvalue weighted by atomic mass is 28.3. The second kappa shape index (κ2) is 7.62. The summed E-state index contributed by atoms with van der Waals surface area (Å²) in [6.45, 7) is 12.2. The first-order valence-electron chi connectivity index (χ1n) is 9.93. The van der Waals surface area contributed by atoms with Crippen LogP contribution in [-0.4, -0.2) is 38.1 Å². The molecule has 0 bridgehead atoms. The summed E-state index contributed by atoms with van der Waals surface area (Å²) in [6, 6.07) is 11.4. The van der Waals surface area contributed by atoms with Gasteiger partial charge < -0.3 is 4.74 Å². The predicted octanol–water partition coefficient (Wildman–Crippen LogP) is 4.92. The van der Waals surface area contributed by atoms with E-state index < -0.39 is 14.2 Å². The molecule has 27 heavy (non-hydrogen) atoms. The molecule has 146 valence electrons. The van der Waals surface area contributed by atoms with Gasteiger partial charge in [-0.3, -0.25) is 4.79 Å². The summed E-state index contributed by atoms with van der Waals surface area (Å²) in [7, 11) is -1.27. The summed E-state index contributed by atoms with van der Waals surface area (Å²) in [4.78, 5) is 26.7. The van der Waals surface area contributed by atoms with Gasteiger partial charge in [0.15, 0.2) is 0 Å². The average molecular weight is 386 g/mol. The van der Waals surface area contributed by atoms with E-state index in [2.05, 4.69) is 51.7 Å². The lowest BCUT2D eigenvalue weighted by Crippen LogP contribution is -2.45. The molecule has 4 nitrogen and oxygen atoms in total. The van der Waals surface area contributed by atoms with E-state index >= 15 is 0 Å². The number of nitrogens with zero attached hydrogens (tertiary/aromatic N) is 1. The Balaban J connectivity index is 2.02. The van der Waals surface area contributed by atoms with Crippen molar-refractivity contribution < 1.29 is 14.3 Å². The van der Waals surface area contributed by atoms with Gasteiger partial charge in [-0.05, 0) is 23.4 Å². The third kappa shape index (κ3) is 4.18. The van der Waals surface area contributed by atoms with Crippen LogP contribution >= 0.6 is 0 Å². The molecule has 0 saturated carbocycles. The molecule has 3 rings (SSSR count). The topological polar surface area (TPSA) is 46.6 Å². The highest BCUT2D eigenvalue weighted by molar-refractivity contribution is 6.76. The van der Waals surface area contributed by atoms with Gasteiger partial charge in [-0.2, -0.15) is 0 Å². The van der Waals surface area contributed by atoms with Gasteiger partial charge in [0.05, 0.1) is 12.5 Å². The summed E-state index contributed by atoms with van der Waals surface area (Å²) in [5.41, 5.74) is 2.62. The van der Waals surface area contributed by atoms with Crippen LogP contribution in [0, 0.1) is 17.8 Å². The van der Waals surface area contributed by atoms with E-state index in [1.54, 1.807) is 0 Å². The van der Waals surface area contributed by atoms with Crippen LogP contribution in [0.1, 0.15) is 25.3 Å². The Hall–Kier alpha value is -1.88. The highest BCUT2D eigenvalue weighted by Crippen LogP contribution is 2.46. The molecule has 1 aromatic carbocycles. The Labute approximate surface area is 163 Å². The standard InChI is InChI=1S/C22H31NO3Si/c1-15-16(2)20(21(24)23-11-12-26-22(23)25)19(17-9-7-6-8-10-17)13-18(15)14-27(3,4)5/h6-10,13,15-16,19-20H,11-12,14H2,1-5H3/t15-,16+,19+,20-/m0/s1. The number of imide groups is 1. The Morgan fingerprint density at radius 1 is 1.19 bits per heavy atom.